The molecule has 1 aliphatic rings. The number of carboxylic acids is 1. The molecule has 0 spiro atoms. The minimum Gasteiger partial charge on any atom is -0.507 e. The van der Waals surface area contributed by atoms with E-state index in [0.29, 0.717) is 0 Å². The second-order valence-corrected chi connectivity index (χ2v) is 8.19. The molecule has 0 aliphatic carbocycles. The van der Waals surface area contributed by atoms with Crippen LogP contribution in [0, 0.1) is 0 Å². The lowest BCUT2D eigenvalue weighted by atomic mass is 10.1. The minimum atomic E-state index is -1.13. The first-order valence-electron chi connectivity index (χ1n) is 9.83. The van der Waals surface area contributed by atoms with Gasteiger partial charge in [-0.3, -0.25) is 4.79 Å². The maximum Gasteiger partial charge on any atom is 0.337 e. The highest BCUT2D eigenvalue weighted by Crippen LogP contribution is 2.31. The molecule has 0 bridgehead atoms. The van der Waals surface area contributed by atoms with Gasteiger partial charge in [0.25, 0.3) is 5.91 Å². The van der Waals surface area contributed by atoms with Crippen LogP contribution in [-0.4, -0.2) is 35.2 Å². The average Bonchev–Trinajstić information content (AvgIpc) is 3.29. The number of nitrogens with zero attached hydrogens (tertiary/aromatic N) is 1. The number of aromatic hydroxyl groups is 1. The van der Waals surface area contributed by atoms with Gasteiger partial charge in [-0.1, -0.05) is 12.1 Å². The number of anilines is 2. The largest absolute Gasteiger partial charge is 0.507 e. The molecule has 0 radical (unpaired) electrons. The highest BCUT2D eigenvalue weighted by molar-refractivity contribution is 7.13. The Morgan fingerprint density at radius 3 is 2.47 bits per heavy atom. The molecule has 1 amide bonds. The third-order valence-corrected chi connectivity index (χ3v) is 6.17. The topological polar surface area (TPSA) is 89.9 Å². The van der Waals surface area contributed by atoms with Crippen molar-refractivity contribution in [3.8, 4) is 16.2 Å². The number of carboxylic acid groups (broad SMARTS) is 1. The maximum absolute atomic E-state index is 13.0. The number of carbonyl (C=O) groups is 2. The number of hydrogen-bond donors (Lipinski definition) is 3. The van der Waals surface area contributed by atoms with Crippen LogP contribution in [0.4, 0.5) is 11.4 Å². The zero-order valence-corrected chi connectivity index (χ0v) is 17.1. The summed E-state index contributed by atoms with van der Waals surface area (Å²) in [5.74, 6) is -1.81. The second kappa shape index (κ2) is 8.59. The molecule has 30 heavy (non-hydrogen) atoms. The lowest BCUT2D eigenvalue weighted by Gasteiger charge is -2.29. The first-order valence-corrected chi connectivity index (χ1v) is 10.7. The van der Waals surface area contributed by atoms with E-state index < -0.39 is 11.9 Å². The van der Waals surface area contributed by atoms with Crippen molar-refractivity contribution in [3.05, 3.63) is 65.0 Å². The van der Waals surface area contributed by atoms with Crippen molar-refractivity contribution in [1.29, 1.82) is 0 Å². The predicted octanol–water partition coefficient (Wildman–Crippen LogP) is 5.06. The molecular weight excluding hydrogens is 400 g/mol. The molecule has 3 aromatic rings. The van der Waals surface area contributed by atoms with Gasteiger partial charge in [-0.05, 0) is 66.6 Å². The molecule has 2 aromatic carbocycles. The van der Waals surface area contributed by atoms with Crippen LogP contribution in [0.3, 0.4) is 0 Å². The first kappa shape index (κ1) is 20.0. The van der Waals surface area contributed by atoms with E-state index in [0.717, 1.165) is 42.1 Å². The van der Waals surface area contributed by atoms with Crippen molar-refractivity contribution < 1.29 is 19.8 Å². The van der Waals surface area contributed by atoms with Crippen LogP contribution in [0.5, 0.6) is 5.75 Å². The lowest BCUT2D eigenvalue weighted by Crippen LogP contribution is -2.29. The number of benzene rings is 2. The molecule has 3 N–H and O–H groups in total. The molecule has 4 rings (SSSR count). The third-order valence-electron chi connectivity index (χ3n) is 5.25. The number of carbonyl (C=O) groups excluding carboxylic acids is 1. The third kappa shape index (κ3) is 4.16. The van der Waals surface area contributed by atoms with E-state index >= 15 is 0 Å². The number of phenols is 1. The smallest absolute Gasteiger partial charge is 0.337 e. The predicted molar refractivity (Wildman–Crippen MR) is 119 cm³/mol. The van der Waals surface area contributed by atoms with E-state index in [1.165, 1.54) is 29.9 Å². The molecule has 2 heterocycles. The van der Waals surface area contributed by atoms with Crippen molar-refractivity contribution in [2.45, 2.75) is 19.3 Å². The second-order valence-electron chi connectivity index (χ2n) is 7.25. The summed E-state index contributed by atoms with van der Waals surface area (Å²) in [6.45, 7) is 1.83. The van der Waals surface area contributed by atoms with Gasteiger partial charge in [-0.15, -0.1) is 11.3 Å². The van der Waals surface area contributed by atoms with Gasteiger partial charge in [-0.2, -0.15) is 0 Å². The van der Waals surface area contributed by atoms with Gasteiger partial charge >= 0.3 is 5.97 Å². The van der Waals surface area contributed by atoms with Crippen LogP contribution >= 0.6 is 11.3 Å². The van der Waals surface area contributed by atoms with Gasteiger partial charge in [0.2, 0.25) is 0 Å². The van der Waals surface area contributed by atoms with Crippen LogP contribution in [0.2, 0.25) is 0 Å². The molecule has 0 unspecified atom stereocenters. The van der Waals surface area contributed by atoms with Crippen molar-refractivity contribution in [1.82, 2.24) is 0 Å². The zero-order valence-electron chi connectivity index (χ0n) is 16.3. The lowest BCUT2D eigenvalue weighted by molar-refractivity contribution is 0.0698. The highest BCUT2D eigenvalue weighted by Gasteiger charge is 2.19. The molecule has 0 saturated carbocycles. The van der Waals surface area contributed by atoms with Crippen LogP contribution in [0.15, 0.2) is 53.9 Å². The summed E-state index contributed by atoms with van der Waals surface area (Å²) in [4.78, 5) is 27.8. The Labute approximate surface area is 178 Å². The summed E-state index contributed by atoms with van der Waals surface area (Å²) in [5.41, 5.74) is 2.01. The van der Waals surface area contributed by atoms with Crippen molar-refractivity contribution in [2.75, 3.05) is 23.3 Å². The molecule has 1 aliphatic heterocycles. The number of nitrogens with one attached hydrogen (secondary N) is 1. The molecule has 1 fully saturated rings. The summed E-state index contributed by atoms with van der Waals surface area (Å²) >= 11 is 1.53. The monoisotopic (exact) mass is 422 g/mol. The molecule has 7 heteroatoms. The number of hydrogen-bond acceptors (Lipinski definition) is 5. The number of piperidine rings is 1. The van der Waals surface area contributed by atoms with Gasteiger partial charge in [0.15, 0.2) is 0 Å². The summed E-state index contributed by atoms with van der Waals surface area (Å²) in [6.07, 6.45) is 3.39. The minimum absolute atomic E-state index is 0.00432. The fourth-order valence-corrected chi connectivity index (χ4v) is 4.40. The highest BCUT2D eigenvalue weighted by atomic mass is 32.1. The summed E-state index contributed by atoms with van der Waals surface area (Å²) in [6, 6.07) is 13.7. The van der Waals surface area contributed by atoms with E-state index in [4.69, 9.17) is 0 Å². The fraction of sp³-hybridized carbons (Fsp3) is 0.217. The van der Waals surface area contributed by atoms with Crippen LogP contribution < -0.4 is 10.2 Å². The Morgan fingerprint density at radius 1 is 0.967 bits per heavy atom. The number of phenolic OH excluding ortho intramolecular Hbond substituents is 1. The van der Waals surface area contributed by atoms with Crippen molar-refractivity contribution in [2.24, 2.45) is 0 Å². The van der Waals surface area contributed by atoms with E-state index in [1.54, 1.807) is 24.3 Å². The van der Waals surface area contributed by atoms with Gasteiger partial charge in [0, 0.05) is 23.7 Å². The first-order chi connectivity index (χ1) is 14.5. The SMILES string of the molecule is O=C(Nc1cc(-c2cccs2)ccc1C(=O)O)c1cc(N2CCCCC2)ccc1O. The Bertz CT molecular complexity index is 1070. The standard InChI is InChI=1S/C23H22N2O4S/c26-20-9-7-16(25-10-2-1-3-11-25)14-18(20)22(27)24-19-13-15(21-5-4-12-30-21)6-8-17(19)23(28)29/h4-9,12-14,26H,1-3,10-11H2,(H,24,27)(H,28,29). The molecule has 1 saturated heterocycles. The van der Waals surface area contributed by atoms with Crippen LogP contribution in [0.25, 0.3) is 10.4 Å². The Morgan fingerprint density at radius 2 is 1.77 bits per heavy atom. The number of aromatic carboxylic acids is 1. The summed E-state index contributed by atoms with van der Waals surface area (Å²) in [7, 11) is 0. The fourth-order valence-electron chi connectivity index (χ4n) is 3.67. The van der Waals surface area contributed by atoms with E-state index in [1.807, 2.05) is 17.5 Å². The zero-order chi connectivity index (χ0) is 21.1. The molecule has 154 valence electrons. The van der Waals surface area contributed by atoms with Crippen LogP contribution in [-0.2, 0) is 0 Å². The molecule has 6 nitrogen and oxygen atoms in total. The Hall–Kier alpha value is -3.32. The Kier molecular flexibility index (Phi) is 5.72. The molecule has 0 atom stereocenters. The van der Waals surface area contributed by atoms with E-state index in [2.05, 4.69) is 10.2 Å². The van der Waals surface area contributed by atoms with E-state index in [-0.39, 0.29) is 22.6 Å². The van der Waals surface area contributed by atoms with Gasteiger partial charge < -0.3 is 20.4 Å². The molecule has 1 aromatic heterocycles. The quantitative estimate of drug-likeness (QED) is 0.535. The Balaban J connectivity index is 1.65. The van der Waals surface area contributed by atoms with Crippen LogP contribution in [0.1, 0.15) is 40.0 Å². The van der Waals surface area contributed by atoms with Gasteiger partial charge in [0.05, 0.1) is 16.8 Å². The average molecular weight is 423 g/mol. The maximum atomic E-state index is 13.0. The number of rotatable bonds is 5. The van der Waals surface area contributed by atoms with Crippen molar-refractivity contribution >= 4 is 34.6 Å². The normalized spacial score (nSPS) is 13.8. The van der Waals surface area contributed by atoms with Gasteiger partial charge in [-0.25, -0.2) is 4.79 Å². The summed E-state index contributed by atoms with van der Waals surface area (Å²) in [5, 5.41) is 24.4. The molecular formula is C23H22N2O4S. The van der Waals surface area contributed by atoms with Crippen molar-refractivity contribution in [3.63, 3.8) is 0 Å². The van der Waals surface area contributed by atoms with E-state index in [9.17, 15) is 19.8 Å². The summed E-state index contributed by atoms with van der Waals surface area (Å²) < 4.78 is 0. The number of thiophene rings is 1. The van der Waals surface area contributed by atoms with Gasteiger partial charge in [0.1, 0.15) is 5.75 Å². The number of amides is 1.